The summed E-state index contributed by atoms with van der Waals surface area (Å²) < 4.78 is 34.4. The van der Waals surface area contributed by atoms with Gasteiger partial charge >= 0.3 is 0 Å². The van der Waals surface area contributed by atoms with Crippen molar-refractivity contribution in [3.05, 3.63) is 77.2 Å². The first-order valence-electron chi connectivity index (χ1n) is 11.7. The second-order valence-corrected chi connectivity index (χ2v) is 10.0. The molecule has 2 aliphatic rings. The summed E-state index contributed by atoms with van der Waals surface area (Å²) in [6, 6.07) is 5.44. The van der Waals surface area contributed by atoms with Crippen LogP contribution in [-0.4, -0.2) is 36.2 Å². The summed E-state index contributed by atoms with van der Waals surface area (Å²) in [5.74, 6) is -2.21. The predicted octanol–water partition coefficient (Wildman–Crippen LogP) is 3.59. The molecule has 37 heavy (non-hydrogen) atoms. The van der Waals surface area contributed by atoms with Crippen LogP contribution in [0.2, 0.25) is 0 Å². The number of nitrogens with zero attached hydrogens (tertiary/aromatic N) is 5. The van der Waals surface area contributed by atoms with Gasteiger partial charge in [0.05, 0.1) is 34.3 Å². The Kier molecular flexibility index (Phi) is 5.00. The lowest BCUT2D eigenvalue weighted by molar-refractivity contribution is -0.126. The highest BCUT2D eigenvalue weighted by molar-refractivity contribution is 5.79. The fourth-order valence-electron chi connectivity index (χ4n) is 6.11. The average Bonchev–Trinajstić information content (AvgIpc) is 3.52. The summed E-state index contributed by atoms with van der Waals surface area (Å²) in [5, 5.41) is 18.6. The average molecular weight is 504 g/mol. The fourth-order valence-corrected chi connectivity index (χ4v) is 6.11. The van der Waals surface area contributed by atoms with E-state index in [4.69, 9.17) is 15.1 Å². The molecule has 1 fully saturated rings. The van der Waals surface area contributed by atoms with E-state index < -0.39 is 29.1 Å². The van der Waals surface area contributed by atoms with Gasteiger partial charge in [0.1, 0.15) is 29.3 Å². The number of primary amides is 1. The lowest BCUT2D eigenvalue weighted by Gasteiger charge is -2.37. The van der Waals surface area contributed by atoms with E-state index in [1.165, 1.54) is 24.4 Å². The van der Waals surface area contributed by atoms with Crippen LogP contribution in [0.25, 0.3) is 22.8 Å². The zero-order valence-electron chi connectivity index (χ0n) is 19.9. The maximum absolute atomic E-state index is 14.5. The number of amides is 1. The third-order valence-corrected chi connectivity index (χ3v) is 7.96. The molecule has 0 radical (unpaired) electrons. The Morgan fingerprint density at radius 3 is 2.65 bits per heavy atom. The van der Waals surface area contributed by atoms with Crippen molar-refractivity contribution in [1.82, 2.24) is 25.1 Å². The second-order valence-electron chi connectivity index (χ2n) is 10.0. The maximum atomic E-state index is 14.5. The number of aliphatic hydroxyl groups is 1. The van der Waals surface area contributed by atoms with E-state index in [2.05, 4.69) is 34.0 Å². The first kappa shape index (κ1) is 23.3. The van der Waals surface area contributed by atoms with Crippen molar-refractivity contribution < 1.29 is 23.1 Å². The lowest BCUT2D eigenvalue weighted by atomic mass is 9.66. The normalized spacial score (nSPS) is 22.1. The molecule has 2 aliphatic carbocycles. The topological polar surface area (TPSA) is 141 Å². The van der Waals surface area contributed by atoms with Crippen LogP contribution in [0.1, 0.15) is 61.4 Å². The number of halogens is 2. The molecule has 6 rings (SSSR count). The van der Waals surface area contributed by atoms with Crippen LogP contribution in [0.15, 0.2) is 47.3 Å². The predicted molar refractivity (Wildman–Crippen MR) is 126 cm³/mol. The van der Waals surface area contributed by atoms with E-state index in [-0.39, 0.29) is 34.2 Å². The third kappa shape index (κ3) is 3.16. The number of hydrogen-bond acceptors (Lipinski definition) is 8. The Morgan fingerprint density at radius 1 is 1.16 bits per heavy atom. The summed E-state index contributed by atoms with van der Waals surface area (Å²) in [6.45, 7) is 4.24. The number of fused-ring (bicyclic) bond motifs is 5. The van der Waals surface area contributed by atoms with Crippen molar-refractivity contribution >= 4 is 5.91 Å². The van der Waals surface area contributed by atoms with Gasteiger partial charge in [-0.25, -0.2) is 18.7 Å². The van der Waals surface area contributed by atoms with Crippen LogP contribution < -0.4 is 5.73 Å². The molecule has 4 aromatic rings. The van der Waals surface area contributed by atoms with Crippen molar-refractivity contribution in [2.75, 3.05) is 0 Å². The van der Waals surface area contributed by atoms with Crippen LogP contribution in [-0.2, 0) is 10.2 Å². The van der Waals surface area contributed by atoms with Gasteiger partial charge in [0.15, 0.2) is 6.10 Å². The van der Waals surface area contributed by atoms with Gasteiger partial charge in [-0.1, -0.05) is 19.9 Å². The zero-order chi connectivity index (χ0) is 26.1. The second kappa shape index (κ2) is 7.94. The number of benzene rings is 1. The highest BCUT2D eigenvalue weighted by Gasteiger charge is 2.65. The zero-order valence-corrected chi connectivity index (χ0v) is 19.9. The van der Waals surface area contributed by atoms with Gasteiger partial charge in [-0.05, 0) is 47.9 Å². The van der Waals surface area contributed by atoms with Crippen LogP contribution in [0.4, 0.5) is 8.78 Å². The number of hydrogen-bond donors (Lipinski definition) is 2. The number of rotatable bonds is 5. The van der Waals surface area contributed by atoms with Gasteiger partial charge in [-0.2, -0.15) is 5.10 Å². The molecule has 188 valence electrons. The molecule has 0 spiro atoms. The number of carbonyl (C=O) groups excluding carboxylic acids is 1. The molecule has 3 atom stereocenters. The van der Waals surface area contributed by atoms with Gasteiger partial charge < -0.3 is 15.3 Å². The van der Waals surface area contributed by atoms with E-state index in [9.17, 15) is 18.7 Å². The highest BCUT2D eigenvalue weighted by atomic mass is 19.1. The minimum absolute atomic E-state index is 0.0286. The van der Waals surface area contributed by atoms with E-state index in [1.807, 2.05) is 0 Å². The molecule has 0 unspecified atom stereocenters. The van der Waals surface area contributed by atoms with Crippen molar-refractivity contribution in [1.29, 1.82) is 0 Å². The van der Waals surface area contributed by atoms with Crippen molar-refractivity contribution in [2.45, 2.75) is 44.1 Å². The molecule has 0 aliphatic heterocycles. The molecule has 3 N–H and O–H groups in total. The molecule has 2 bridgehead atoms. The van der Waals surface area contributed by atoms with Crippen molar-refractivity contribution in [2.24, 2.45) is 11.1 Å². The monoisotopic (exact) mass is 504 g/mol. The molecular formula is C26H22F2N6O3. The smallest absolute Gasteiger partial charge is 0.252 e. The Balaban J connectivity index is 1.46. The van der Waals surface area contributed by atoms with Gasteiger partial charge in [0, 0.05) is 6.20 Å². The van der Waals surface area contributed by atoms with E-state index in [0.29, 0.717) is 17.1 Å². The minimum atomic E-state index is -1.60. The molecule has 9 nitrogen and oxygen atoms in total. The highest BCUT2D eigenvalue weighted by Crippen LogP contribution is 2.69. The van der Waals surface area contributed by atoms with Crippen LogP contribution >= 0.6 is 0 Å². The van der Waals surface area contributed by atoms with E-state index in [1.54, 1.807) is 12.3 Å². The number of oxazole rings is 1. The molecule has 11 heteroatoms. The Hall–Kier alpha value is -4.12. The molecule has 1 amide bonds. The fraction of sp³-hybridized carbons (Fsp3) is 0.308. The lowest BCUT2D eigenvalue weighted by Crippen LogP contribution is -2.38. The summed E-state index contributed by atoms with van der Waals surface area (Å²) in [6.07, 6.45) is 4.23. The Labute approximate surface area is 209 Å². The van der Waals surface area contributed by atoms with Gasteiger partial charge in [0.2, 0.25) is 5.89 Å². The SMILES string of the molecule is CC1(C)[C@H]2CC[C@]1(c1cncc(-c3nc([C@@H](O)C(N)=O)co3)n1)c1nnc(-c3c(F)cccc3F)cc12. The van der Waals surface area contributed by atoms with E-state index >= 15 is 0 Å². The summed E-state index contributed by atoms with van der Waals surface area (Å²) in [5.41, 5.74) is 6.59. The molecular weight excluding hydrogens is 482 g/mol. The Bertz CT molecular complexity index is 1550. The minimum Gasteiger partial charge on any atom is -0.443 e. The summed E-state index contributed by atoms with van der Waals surface area (Å²) in [4.78, 5) is 24.6. The van der Waals surface area contributed by atoms with Crippen LogP contribution in [0.3, 0.4) is 0 Å². The molecule has 1 aromatic carbocycles. The summed E-state index contributed by atoms with van der Waals surface area (Å²) >= 11 is 0. The molecule has 3 aromatic heterocycles. The Morgan fingerprint density at radius 2 is 1.92 bits per heavy atom. The number of carbonyl (C=O) groups is 1. The maximum Gasteiger partial charge on any atom is 0.252 e. The van der Waals surface area contributed by atoms with Gasteiger partial charge in [0.25, 0.3) is 5.91 Å². The molecule has 0 saturated heterocycles. The molecule has 1 saturated carbocycles. The van der Waals surface area contributed by atoms with Crippen molar-refractivity contribution in [3.8, 4) is 22.8 Å². The number of aromatic nitrogens is 5. The molecule has 3 heterocycles. The van der Waals surface area contributed by atoms with Crippen LogP contribution in [0.5, 0.6) is 0 Å². The standard InChI is InChI=1S/C26H22F2N6O3/c1-25(2)13-6-7-26(25,22-12(13)8-16(33-34-22)20-14(27)4-3-5-15(20)28)19-10-30-9-17(31-19)24-32-18(11-37-24)21(35)23(29)36/h3-5,8-11,13,21,35H,6-7H2,1-2H3,(H2,29,36)/t13-,21+,26-/m0/s1. The number of aliphatic hydroxyl groups excluding tert-OH is 1. The first-order valence-corrected chi connectivity index (χ1v) is 11.7. The van der Waals surface area contributed by atoms with Crippen molar-refractivity contribution in [3.63, 3.8) is 0 Å². The summed E-state index contributed by atoms with van der Waals surface area (Å²) in [7, 11) is 0. The van der Waals surface area contributed by atoms with Gasteiger partial charge in [-0.3, -0.25) is 9.78 Å². The first-order chi connectivity index (χ1) is 17.6. The number of nitrogens with two attached hydrogens (primary N) is 1. The third-order valence-electron chi connectivity index (χ3n) is 7.96. The van der Waals surface area contributed by atoms with E-state index in [0.717, 1.165) is 24.7 Å². The quantitative estimate of drug-likeness (QED) is 0.420. The van der Waals surface area contributed by atoms with Gasteiger partial charge in [-0.15, -0.1) is 5.10 Å². The largest absolute Gasteiger partial charge is 0.443 e. The van der Waals surface area contributed by atoms with Crippen LogP contribution in [0, 0.1) is 17.0 Å².